The molecule has 9 heavy (non-hydrogen) atoms. The second kappa shape index (κ2) is 3.32. The van der Waals surface area contributed by atoms with Crippen LogP contribution in [0.5, 0.6) is 0 Å². The van der Waals surface area contributed by atoms with E-state index in [1.807, 2.05) is 0 Å². The van der Waals surface area contributed by atoms with Crippen molar-refractivity contribution in [3.8, 4) is 0 Å². The molecule has 0 unspecified atom stereocenters. The van der Waals surface area contributed by atoms with E-state index in [-0.39, 0.29) is 0 Å². The Labute approximate surface area is 66.7 Å². The van der Waals surface area contributed by atoms with Crippen molar-refractivity contribution in [2.24, 2.45) is 0 Å². The average molecular weight is 208 g/mol. The second-order valence-corrected chi connectivity index (χ2v) is 3.28. The molecule has 0 saturated carbocycles. The Balaban J connectivity index is 2.64. The van der Waals surface area contributed by atoms with Gasteiger partial charge in [0.25, 0.3) is 0 Å². The van der Waals surface area contributed by atoms with Crippen molar-refractivity contribution >= 4 is 0 Å². The number of hydrogen-bond donors (Lipinski definition) is 0. The summed E-state index contributed by atoms with van der Waals surface area (Å²) in [4.78, 5) is 0. The van der Waals surface area contributed by atoms with Crippen LogP contribution in [0.1, 0.15) is 26.2 Å². The van der Waals surface area contributed by atoms with Crippen LogP contribution in [0.3, 0.4) is 0 Å². The van der Waals surface area contributed by atoms with Crippen LogP contribution in [0, 0.1) is 0 Å². The zero-order valence-electron chi connectivity index (χ0n) is 5.63. The first-order valence-corrected chi connectivity index (χ1v) is 4.21. The molecule has 0 atom stereocenters. The zero-order chi connectivity index (χ0) is 6.69. The first kappa shape index (κ1) is 7.21. The second-order valence-electron chi connectivity index (χ2n) is 2.23. The van der Waals surface area contributed by atoms with Crippen LogP contribution in [-0.2, 0) is 18.3 Å². The van der Waals surface area contributed by atoms with Crippen LogP contribution in [-0.4, -0.2) is 0 Å². The third-order valence-corrected chi connectivity index (χ3v) is 2.59. The number of allylic oxidation sites excluding steroid dienone is 4. The van der Waals surface area contributed by atoms with E-state index in [0.717, 1.165) is 6.42 Å². The Morgan fingerprint density at radius 1 is 1.44 bits per heavy atom. The molecule has 0 radical (unpaired) electrons. The molecule has 0 saturated heterocycles. The van der Waals surface area contributed by atoms with Gasteiger partial charge in [-0.15, -0.1) is 0 Å². The van der Waals surface area contributed by atoms with Crippen molar-refractivity contribution in [3.05, 3.63) is 21.9 Å². The van der Waals surface area contributed by atoms with Gasteiger partial charge in [0, 0.05) is 0 Å². The molecular formula is C8H11Ru. The van der Waals surface area contributed by atoms with Gasteiger partial charge in [0.15, 0.2) is 0 Å². The van der Waals surface area contributed by atoms with E-state index >= 15 is 0 Å². The summed E-state index contributed by atoms with van der Waals surface area (Å²) >= 11 is 2.73. The maximum absolute atomic E-state index is 2.73. The molecule has 0 aliphatic heterocycles. The van der Waals surface area contributed by atoms with Crippen molar-refractivity contribution < 1.29 is 18.3 Å². The maximum atomic E-state index is 2.73. The van der Waals surface area contributed by atoms with Crippen LogP contribution in [0.15, 0.2) is 21.9 Å². The van der Waals surface area contributed by atoms with E-state index < -0.39 is 0 Å². The van der Waals surface area contributed by atoms with Crippen molar-refractivity contribution in [2.45, 2.75) is 26.2 Å². The molecule has 0 heterocycles. The Kier molecular flexibility index (Phi) is 2.66. The SMILES string of the molecule is CCC1=[C]([Ru])CC=CC1. The minimum atomic E-state index is 1.15. The first-order chi connectivity index (χ1) is 4.34. The van der Waals surface area contributed by atoms with Gasteiger partial charge in [0.05, 0.1) is 0 Å². The molecule has 0 aromatic carbocycles. The van der Waals surface area contributed by atoms with E-state index in [0.29, 0.717) is 0 Å². The normalized spacial score (nSPS) is 18.9. The Hall–Kier alpha value is 0.103. The van der Waals surface area contributed by atoms with E-state index in [1.54, 1.807) is 5.57 Å². The van der Waals surface area contributed by atoms with Crippen molar-refractivity contribution in [1.82, 2.24) is 0 Å². The van der Waals surface area contributed by atoms with Crippen LogP contribution >= 0.6 is 0 Å². The molecular weight excluding hydrogens is 197 g/mol. The standard InChI is InChI=1S/C8H11.Ru/c1-2-8-6-4-3-5-7-8;/h3-4H,2,5-6H2,1H3;. The summed E-state index contributed by atoms with van der Waals surface area (Å²) in [5.41, 5.74) is 1.61. The summed E-state index contributed by atoms with van der Waals surface area (Å²) < 4.78 is 1.51. The van der Waals surface area contributed by atoms with E-state index in [4.69, 9.17) is 0 Å². The van der Waals surface area contributed by atoms with Gasteiger partial charge in [-0.25, -0.2) is 0 Å². The summed E-state index contributed by atoms with van der Waals surface area (Å²) in [6, 6.07) is 0. The first-order valence-electron chi connectivity index (χ1n) is 3.34. The summed E-state index contributed by atoms with van der Waals surface area (Å²) in [6.45, 7) is 2.22. The molecule has 0 spiro atoms. The fourth-order valence-corrected chi connectivity index (χ4v) is 1.68. The van der Waals surface area contributed by atoms with Crippen LogP contribution in [0.2, 0.25) is 0 Å². The third kappa shape index (κ3) is 1.76. The van der Waals surface area contributed by atoms with E-state index in [1.165, 1.54) is 17.0 Å². The molecule has 0 amide bonds. The molecule has 1 heteroatoms. The molecule has 1 aliphatic rings. The molecule has 0 bridgehead atoms. The topological polar surface area (TPSA) is 0 Å². The molecule has 0 fully saturated rings. The Morgan fingerprint density at radius 3 is 2.56 bits per heavy atom. The molecule has 1 rings (SSSR count). The predicted molar refractivity (Wildman–Crippen MR) is 35.7 cm³/mol. The van der Waals surface area contributed by atoms with Gasteiger partial charge in [0.2, 0.25) is 0 Å². The van der Waals surface area contributed by atoms with Crippen molar-refractivity contribution in [1.29, 1.82) is 0 Å². The Morgan fingerprint density at radius 2 is 2.11 bits per heavy atom. The fraction of sp³-hybridized carbons (Fsp3) is 0.500. The van der Waals surface area contributed by atoms with Gasteiger partial charge in [-0.1, -0.05) is 0 Å². The van der Waals surface area contributed by atoms with E-state index in [2.05, 4.69) is 37.4 Å². The van der Waals surface area contributed by atoms with E-state index in [9.17, 15) is 0 Å². The molecule has 51 valence electrons. The minimum absolute atomic E-state index is 1.15. The molecule has 0 aromatic rings. The summed E-state index contributed by atoms with van der Waals surface area (Å²) in [5.74, 6) is 0. The van der Waals surface area contributed by atoms with Gasteiger partial charge in [0.1, 0.15) is 0 Å². The average Bonchev–Trinajstić information content (AvgIpc) is 1.89. The Bertz CT molecular complexity index is 154. The number of rotatable bonds is 1. The van der Waals surface area contributed by atoms with Gasteiger partial charge >= 0.3 is 66.4 Å². The predicted octanol–water partition coefficient (Wildman–Crippen LogP) is 2.55. The summed E-state index contributed by atoms with van der Waals surface area (Å²) in [5, 5.41) is 0. The fourth-order valence-electron chi connectivity index (χ4n) is 0.994. The molecule has 1 aliphatic carbocycles. The summed E-state index contributed by atoms with van der Waals surface area (Å²) in [7, 11) is 0. The van der Waals surface area contributed by atoms with Gasteiger partial charge in [-0.2, -0.15) is 0 Å². The van der Waals surface area contributed by atoms with Crippen molar-refractivity contribution in [3.63, 3.8) is 0 Å². The van der Waals surface area contributed by atoms with Crippen LogP contribution in [0.4, 0.5) is 0 Å². The molecule has 0 nitrogen and oxygen atoms in total. The van der Waals surface area contributed by atoms with Gasteiger partial charge in [-0.3, -0.25) is 0 Å². The molecule has 0 N–H and O–H groups in total. The van der Waals surface area contributed by atoms with Crippen molar-refractivity contribution in [2.75, 3.05) is 0 Å². The zero-order valence-corrected chi connectivity index (χ0v) is 7.37. The third-order valence-electron chi connectivity index (χ3n) is 1.62. The quantitative estimate of drug-likeness (QED) is 0.459. The molecule has 0 aromatic heterocycles. The monoisotopic (exact) mass is 209 g/mol. The van der Waals surface area contributed by atoms with Gasteiger partial charge < -0.3 is 0 Å². The van der Waals surface area contributed by atoms with Crippen LogP contribution in [0.25, 0.3) is 0 Å². The number of hydrogen-bond acceptors (Lipinski definition) is 0. The van der Waals surface area contributed by atoms with Crippen LogP contribution < -0.4 is 0 Å². The van der Waals surface area contributed by atoms with Gasteiger partial charge in [-0.05, 0) is 0 Å². The summed E-state index contributed by atoms with van der Waals surface area (Å²) in [6.07, 6.45) is 8.05.